The summed E-state index contributed by atoms with van der Waals surface area (Å²) >= 11 is 0. The molecule has 0 unspecified atom stereocenters. The van der Waals surface area contributed by atoms with Crippen LogP contribution in [0.3, 0.4) is 0 Å². The molecule has 2 heterocycles. The number of carbonyl (C=O) groups is 1. The third-order valence-electron chi connectivity index (χ3n) is 9.80. The molecule has 0 amide bonds. The molecule has 2 fully saturated rings. The van der Waals surface area contributed by atoms with Gasteiger partial charge in [0, 0.05) is 39.1 Å². The van der Waals surface area contributed by atoms with Gasteiger partial charge in [0.2, 0.25) is 6.79 Å². The van der Waals surface area contributed by atoms with Crippen LogP contribution in [0.1, 0.15) is 116 Å². The first kappa shape index (κ1) is 52.2. The van der Waals surface area contributed by atoms with E-state index >= 15 is 0 Å². The third kappa shape index (κ3) is 17.1. The smallest absolute Gasteiger partial charge is 0.311 e. The van der Waals surface area contributed by atoms with Gasteiger partial charge >= 0.3 is 5.97 Å². The fourth-order valence-electron chi connectivity index (χ4n) is 6.38. The number of esters is 1. The zero-order valence-corrected chi connectivity index (χ0v) is 34.9. The van der Waals surface area contributed by atoms with Crippen molar-refractivity contribution in [3.8, 4) is 11.8 Å². The maximum atomic E-state index is 12.8. The van der Waals surface area contributed by atoms with Gasteiger partial charge in [0.1, 0.15) is 17.8 Å². The summed E-state index contributed by atoms with van der Waals surface area (Å²) in [5.74, 6) is 2.36. The maximum absolute atomic E-state index is 12.8. The lowest BCUT2D eigenvalue weighted by molar-refractivity contribution is -0.189. The molecular weight excluding hydrogens is 674 g/mol. The minimum atomic E-state index is -1.82. The first-order valence-electron chi connectivity index (χ1n) is 18.7. The number of oxime groups is 1. The Balaban J connectivity index is 0. The number of hydrogen-bond acceptors (Lipinski definition) is 13. The quantitative estimate of drug-likeness (QED) is 0.0772. The lowest BCUT2D eigenvalue weighted by Gasteiger charge is -2.41. The number of rotatable bonds is 8. The molecule has 52 heavy (non-hydrogen) atoms. The summed E-state index contributed by atoms with van der Waals surface area (Å²) < 4.78 is 26.3. The average molecular weight is 750 g/mol. The van der Waals surface area contributed by atoms with Crippen molar-refractivity contribution < 1.29 is 58.8 Å². The molecule has 13 nitrogen and oxygen atoms in total. The van der Waals surface area contributed by atoms with Crippen molar-refractivity contribution >= 4 is 11.7 Å². The molecule has 0 spiro atoms. The van der Waals surface area contributed by atoms with Gasteiger partial charge in [0.05, 0.1) is 54.4 Å². The van der Waals surface area contributed by atoms with Gasteiger partial charge in [-0.2, -0.15) is 0 Å². The van der Waals surface area contributed by atoms with Crippen LogP contribution < -0.4 is 0 Å². The Kier molecular flexibility index (Phi) is 26.2. The predicted molar refractivity (Wildman–Crippen MR) is 202 cm³/mol. The number of ether oxygens (including phenoxy) is 5. The van der Waals surface area contributed by atoms with E-state index in [0.717, 1.165) is 6.42 Å². The van der Waals surface area contributed by atoms with E-state index in [2.05, 4.69) is 17.0 Å². The molecule has 0 aromatic carbocycles. The van der Waals surface area contributed by atoms with Crippen LogP contribution in [0.5, 0.6) is 0 Å². The standard InChI is InChI=1S/C25H47NO9.C8H16O3.C4H6.C2H6/c1-9-19-25(7,31)22(28)17(4)20(26-34-14-33-11-10-32-8)15(2)12-24(6,30)13-16(3)21(27)18(5)23(29)35-19;1-6-7(9)8(2,10-3)4-5-11-6;1-3-4-2;1-2/h15-19,21-22,27-28,30-31H,9-14H2,1-8H3;6-7,9H,4-5H2,1-3H3;1-2H3;1-2H3/b26-20+;;;/t15-,16-,17+,18-,19-,21+,22-,24-,25-;6-,7-,8+;;/m10../s1. The summed E-state index contributed by atoms with van der Waals surface area (Å²) in [6, 6.07) is 0. The highest BCUT2D eigenvalue weighted by atomic mass is 16.7. The molecule has 13 heteroatoms. The normalized spacial score (nSPS) is 37.9. The molecular formula is C39H75NO12. The number of nitrogens with zero attached hydrogens (tertiary/aromatic N) is 1. The van der Waals surface area contributed by atoms with Gasteiger partial charge in [-0.05, 0) is 73.6 Å². The van der Waals surface area contributed by atoms with Crippen molar-refractivity contribution in [1.29, 1.82) is 0 Å². The van der Waals surface area contributed by atoms with E-state index in [1.165, 1.54) is 6.92 Å². The summed E-state index contributed by atoms with van der Waals surface area (Å²) in [6.07, 6.45) is -2.57. The van der Waals surface area contributed by atoms with E-state index in [-0.39, 0.29) is 38.1 Å². The summed E-state index contributed by atoms with van der Waals surface area (Å²) in [5, 5.41) is 58.3. The molecule has 2 saturated heterocycles. The highest BCUT2D eigenvalue weighted by Gasteiger charge is 2.47. The van der Waals surface area contributed by atoms with E-state index in [4.69, 9.17) is 28.5 Å². The van der Waals surface area contributed by atoms with Gasteiger partial charge in [-0.25, -0.2) is 0 Å². The first-order valence-corrected chi connectivity index (χ1v) is 18.7. The molecule has 0 aromatic heterocycles. The Morgan fingerprint density at radius 3 is 1.96 bits per heavy atom. The van der Waals surface area contributed by atoms with Gasteiger partial charge in [0.15, 0.2) is 0 Å². The Morgan fingerprint density at radius 2 is 1.48 bits per heavy atom. The van der Waals surface area contributed by atoms with Crippen molar-refractivity contribution in [2.24, 2.45) is 28.8 Å². The SMILES string of the molecule is CC.CC#CC.CC[C@H]1OC(=O)[C@H](C)[C@@H](O)[C@H](C)C[C@](C)(O)C[C@@H](C)/C(=N\OCOCCOC)[C@H](C)[C@@H](O)[C@]1(C)O.CO[C@]1(C)CCO[C@@H](C)[C@@H]1O. The van der Waals surface area contributed by atoms with Crippen LogP contribution in [0.25, 0.3) is 0 Å². The van der Waals surface area contributed by atoms with Crippen molar-refractivity contribution in [3.05, 3.63) is 0 Å². The number of cyclic esters (lactones) is 1. The highest BCUT2D eigenvalue weighted by molar-refractivity contribution is 5.88. The second-order valence-corrected chi connectivity index (χ2v) is 14.3. The lowest BCUT2D eigenvalue weighted by atomic mass is 9.75. The molecule has 0 bridgehead atoms. The van der Waals surface area contributed by atoms with Gasteiger partial charge in [0.25, 0.3) is 0 Å². The molecule has 2 rings (SSSR count). The van der Waals surface area contributed by atoms with E-state index < -0.39 is 64.9 Å². The molecule has 2 aliphatic heterocycles. The highest BCUT2D eigenvalue weighted by Crippen LogP contribution is 2.34. The number of methoxy groups -OCH3 is 2. The fourth-order valence-corrected chi connectivity index (χ4v) is 6.38. The summed E-state index contributed by atoms with van der Waals surface area (Å²) in [4.78, 5) is 18.2. The molecule has 12 atom stereocenters. The summed E-state index contributed by atoms with van der Waals surface area (Å²) in [5.41, 5.74) is -3.02. The van der Waals surface area contributed by atoms with Gasteiger partial charge in [-0.1, -0.05) is 46.7 Å². The molecule has 2 aliphatic rings. The van der Waals surface area contributed by atoms with Crippen LogP contribution in [-0.4, -0.2) is 125 Å². The van der Waals surface area contributed by atoms with Crippen LogP contribution in [0.4, 0.5) is 0 Å². The van der Waals surface area contributed by atoms with Crippen LogP contribution in [0.15, 0.2) is 5.16 Å². The fraction of sp³-hybridized carbons (Fsp3) is 0.897. The van der Waals surface area contributed by atoms with Gasteiger partial charge in [-0.3, -0.25) is 4.79 Å². The molecule has 0 radical (unpaired) electrons. The van der Waals surface area contributed by atoms with Gasteiger partial charge in [-0.15, -0.1) is 11.8 Å². The maximum Gasteiger partial charge on any atom is 0.311 e. The largest absolute Gasteiger partial charge is 0.459 e. The van der Waals surface area contributed by atoms with Gasteiger partial charge < -0.3 is 54.1 Å². The van der Waals surface area contributed by atoms with Crippen molar-refractivity contribution in [1.82, 2.24) is 0 Å². The number of aliphatic hydroxyl groups excluding tert-OH is 3. The van der Waals surface area contributed by atoms with E-state index in [1.54, 1.807) is 48.8 Å². The zero-order chi connectivity index (χ0) is 40.9. The zero-order valence-electron chi connectivity index (χ0n) is 34.9. The third-order valence-corrected chi connectivity index (χ3v) is 9.80. The minimum Gasteiger partial charge on any atom is -0.459 e. The topological polar surface area (TPSA) is 186 Å². The van der Waals surface area contributed by atoms with Crippen molar-refractivity contribution in [2.45, 2.75) is 163 Å². The Hall–Kier alpha value is -1.86. The number of carbonyl (C=O) groups excluding carboxylic acids is 1. The summed E-state index contributed by atoms with van der Waals surface area (Å²) in [6.45, 7) is 24.4. The number of hydrogen-bond donors (Lipinski definition) is 5. The Labute approximate surface area is 314 Å². The minimum absolute atomic E-state index is 0.117. The predicted octanol–water partition coefficient (Wildman–Crippen LogP) is 4.48. The van der Waals surface area contributed by atoms with Crippen molar-refractivity contribution in [3.63, 3.8) is 0 Å². The second-order valence-electron chi connectivity index (χ2n) is 14.3. The lowest BCUT2D eigenvalue weighted by Crippen LogP contribution is -2.56. The average Bonchev–Trinajstić information content (AvgIpc) is 3.11. The molecule has 0 aliphatic carbocycles. The molecule has 0 saturated carbocycles. The Morgan fingerprint density at radius 1 is 0.904 bits per heavy atom. The summed E-state index contributed by atoms with van der Waals surface area (Å²) in [7, 11) is 3.19. The second kappa shape index (κ2) is 26.0. The van der Waals surface area contributed by atoms with E-state index in [9.17, 15) is 30.3 Å². The van der Waals surface area contributed by atoms with Crippen LogP contribution in [0, 0.1) is 35.5 Å². The van der Waals surface area contributed by atoms with E-state index in [0.29, 0.717) is 25.5 Å². The monoisotopic (exact) mass is 750 g/mol. The molecule has 5 N–H and O–H groups in total. The first-order chi connectivity index (χ1) is 24.2. The Bertz CT molecular complexity index is 1050. The van der Waals surface area contributed by atoms with Crippen molar-refractivity contribution in [2.75, 3.05) is 40.8 Å². The van der Waals surface area contributed by atoms with Crippen LogP contribution in [-0.2, 0) is 33.3 Å². The molecule has 0 aromatic rings. The van der Waals surface area contributed by atoms with E-state index in [1.807, 2.05) is 48.5 Å². The molecule has 308 valence electrons. The van der Waals surface area contributed by atoms with Crippen LogP contribution >= 0.6 is 0 Å². The number of aliphatic hydroxyl groups is 5. The van der Waals surface area contributed by atoms with Crippen LogP contribution in [0.2, 0.25) is 0 Å².